The second-order valence-electron chi connectivity index (χ2n) is 8.21. The molecule has 37 heavy (non-hydrogen) atoms. The van der Waals surface area contributed by atoms with Crippen molar-refractivity contribution in [1.82, 2.24) is 4.98 Å². The highest BCUT2D eigenvalue weighted by atomic mass is 32.1. The molecule has 1 fully saturated rings. The van der Waals surface area contributed by atoms with Crippen LogP contribution in [0.4, 0.5) is 5.69 Å². The first-order valence-electron chi connectivity index (χ1n) is 11.2. The lowest BCUT2D eigenvalue weighted by atomic mass is 9.94. The molecule has 184 valence electrons. The van der Waals surface area contributed by atoms with Crippen LogP contribution in [0.25, 0.3) is 16.3 Å². The molecule has 1 amide bonds. The van der Waals surface area contributed by atoms with E-state index >= 15 is 0 Å². The van der Waals surface area contributed by atoms with Crippen LogP contribution in [0.5, 0.6) is 5.75 Å². The summed E-state index contributed by atoms with van der Waals surface area (Å²) in [4.78, 5) is 43.8. The highest BCUT2D eigenvalue weighted by molar-refractivity contribution is 7.13. The Labute approximate surface area is 215 Å². The van der Waals surface area contributed by atoms with Crippen molar-refractivity contribution in [3.63, 3.8) is 0 Å². The first-order chi connectivity index (χ1) is 17.9. The third-order valence-electron chi connectivity index (χ3n) is 6.08. The Morgan fingerprint density at radius 1 is 0.973 bits per heavy atom. The number of carbonyl (C=O) groups excluding carboxylic acids is 2. The van der Waals surface area contributed by atoms with E-state index in [4.69, 9.17) is 4.74 Å². The van der Waals surface area contributed by atoms with Gasteiger partial charge in [0.15, 0.2) is 0 Å². The number of aliphatic hydroxyl groups excluding tert-OH is 1. The molecule has 1 saturated heterocycles. The van der Waals surface area contributed by atoms with Crippen LogP contribution in [-0.2, 0) is 9.59 Å². The van der Waals surface area contributed by atoms with Gasteiger partial charge in [-0.3, -0.25) is 14.5 Å². The van der Waals surface area contributed by atoms with Gasteiger partial charge in [-0.2, -0.15) is 0 Å². The van der Waals surface area contributed by atoms with Crippen LogP contribution in [0.15, 0.2) is 89.9 Å². The smallest absolute Gasteiger partial charge is 0.335 e. The van der Waals surface area contributed by atoms with Gasteiger partial charge in [0.25, 0.3) is 11.7 Å². The van der Waals surface area contributed by atoms with Crippen molar-refractivity contribution < 1.29 is 29.3 Å². The summed E-state index contributed by atoms with van der Waals surface area (Å²) in [6.45, 7) is 0. The number of aromatic nitrogens is 1. The molecule has 0 radical (unpaired) electrons. The Bertz CT molecular complexity index is 1530. The molecule has 1 aliphatic rings. The summed E-state index contributed by atoms with van der Waals surface area (Å²) in [5.41, 5.74) is 1.85. The van der Waals surface area contributed by atoms with E-state index in [-0.39, 0.29) is 22.6 Å². The first-order valence-corrected chi connectivity index (χ1v) is 12.1. The number of nitrogens with zero attached hydrogens (tertiary/aromatic N) is 2. The van der Waals surface area contributed by atoms with E-state index in [0.717, 1.165) is 10.6 Å². The number of anilines is 1. The van der Waals surface area contributed by atoms with Gasteiger partial charge in [0.2, 0.25) is 0 Å². The molecule has 9 heteroatoms. The quantitative estimate of drug-likeness (QED) is 0.209. The average Bonchev–Trinajstić information content (AvgIpc) is 3.56. The molecule has 1 atom stereocenters. The fourth-order valence-corrected chi connectivity index (χ4v) is 4.93. The Balaban J connectivity index is 1.68. The Hall–Kier alpha value is -4.76. The molecule has 0 saturated carbocycles. The van der Waals surface area contributed by atoms with Crippen molar-refractivity contribution in [3.05, 3.63) is 107 Å². The van der Waals surface area contributed by atoms with E-state index in [1.165, 1.54) is 41.5 Å². The van der Waals surface area contributed by atoms with Crippen molar-refractivity contribution >= 4 is 40.4 Å². The van der Waals surface area contributed by atoms with Gasteiger partial charge in [-0.25, -0.2) is 9.78 Å². The minimum atomic E-state index is -1.17. The van der Waals surface area contributed by atoms with Crippen LogP contribution in [-0.4, -0.2) is 40.0 Å². The fourth-order valence-electron chi connectivity index (χ4n) is 4.28. The average molecular weight is 513 g/mol. The lowest BCUT2D eigenvalue weighted by Gasteiger charge is -2.26. The number of aromatic carboxylic acids is 1. The highest BCUT2D eigenvalue weighted by Gasteiger charge is 2.47. The number of carbonyl (C=O) groups is 3. The summed E-state index contributed by atoms with van der Waals surface area (Å²) >= 11 is 1.48. The molecule has 1 aromatic heterocycles. The van der Waals surface area contributed by atoms with E-state index in [9.17, 15) is 24.6 Å². The van der Waals surface area contributed by atoms with Gasteiger partial charge in [-0.15, -0.1) is 11.3 Å². The van der Waals surface area contributed by atoms with Crippen LogP contribution in [0, 0.1) is 0 Å². The van der Waals surface area contributed by atoms with Crippen LogP contribution in [0.1, 0.15) is 27.5 Å². The summed E-state index contributed by atoms with van der Waals surface area (Å²) < 4.78 is 5.17. The Kier molecular flexibility index (Phi) is 6.29. The van der Waals surface area contributed by atoms with Gasteiger partial charge < -0.3 is 14.9 Å². The maximum absolute atomic E-state index is 13.3. The second kappa shape index (κ2) is 9.71. The third-order valence-corrected chi connectivity index (χ3v) is 6.91. The molecule has 0 bridgehead atoms. The highest BCUT2D eigenvalue weighted by Crippen LogP contribution is 2.43. The Morgan fingerprint density at radius 2 is 1.70 bits per heavy atom. The van der Waals surface area contributed by atoms with Crippen LogP contribution in [0.3, 0.4) is 0 Å². The van der Waals surface area contributed by atoms with Crippen LogP contribution < -0.4 is 9.64 Å². The molecule has 8 nitrogen and oxygen atoms in total. The largest absolute Gasteiger partial charge is 0.507 e. The standard InChI is InChI=1S/C28H20N2O6S/c1-36-21-11-9-17(10-12-21)24(31)22-23(16-5-7-18(8-6-16)26-29-13-14-37-26)30(27(33)25(22)32)20-4-2-3-19(15-20)28(34)35/h2-15,23,31H,1H3,(H,34,35)/b24-22+. The number of rotatable bonds is 6. The molecule has 1 unspecified atom stereocenters. The van der Waals surface area contributed by atoms with Gasteiger partial charge in [0.05, 0.1) is 24.3 Å². The number of amides is 1. The van der Waals surface area contributed by atoms with Crippen LogP contribution in [0.2, 0.25) is 0 Å². The number of hydrogen-bond donors (Lipinski definition) is 2. The molecule has 0 spiro atoms. The number of Topliss-reactive ketones (excluding diaryl/α,β-unsaturated/α-hetero) is 1. The number of benzene rings is 3. The molecular formula is C28H20N2O6S. The first kappa shape index (κ1) is 24.0. The van der Waals surface area contributed by atoms with Gasteiger partial charge >= 0.3 is 5.97 Å². The van der Waals surface area contributed by atoms with Gasteiger partial charge in [-0.1, -0.05) is 30.3 Å². The summed E-state index contributed by atoms with van der Waals surface area (Å²) in [6, 6.07) is 18.5. The lowest BCUT2D eigenvalue weighted by molar-refractivity contribution is -0.132. The van der Waals surface area contributed by atoms with Crippen molar-refractivity contribution in [3.8, 4) is 16.3 Å². The van der Waals surface area contributed by atoms with E-state index in [1.807, 2.05) is 17.5 Å². The monoisotopic (exact) mass is 512 g/mol. The molecule has 4 aromatic rings. The fraction of sp³-hybridized carbons (Fsp3) is 0.0714. The number of methoxy groups -OCH3 is 1. The maximum atomic E-state index is 13.3. The predicted molar refractivity (Wildman–Crippen MR) is 139 cm³/mol. The SMILES string of the molecule is COc1ccc(/C(O)=C2\C(=O)C(=O)N(c3cccc(C(=O)O)c3)C2c2ccc(-c3nccs3)cc2)cc1. The molecule has 1 aliphatic heterocycles. The topological polar surface area (TPSA) is 117 Å². The molecule has 0 aliphatic carbocycles. The maximum Gasteiger partial charge on any atom is 0.335 e. The molecular weight excluding hydrogens is 492 g/mol. The minimum absolute atomic E-state index is 0.0348. The molecule has 2 heterocycles. The van der Waals surface area contributed by atoms with Gasteiger partial charge in [0, 0.05) is 28.4 Å². The van der Waals surface area contributed by atoms with Crippen molar-refractivity contribution in [2.24, 2.45) is 0 Å². The third kappa shape index (κ3) is 4.36. The number of carboxylic acids is 1. The minimum Gasteiger partial charge on any atom is -0.507 e. The lowest BCUT2D eigenvalue weighted by Crippen LogP contribution is -2.29. The molecule has 2 N–H and O–H groups in total. The number of ketones is 1. The zero-order valence-corrected chi connectivity index (χ0v) is 20.3. The number of thiazole rings is 1. The zero-order chi connectivity index (χ0) is 26.1. The summed E-state index contributed by atoms with van der Waals surface area (Å²) in [6.07, 6.45) is 1.70. The van der Waals surface area contributed by atoms with Crippen molar-refractivity contribution in [2.45, 2.75) is 6.04 Å². The van der Waals surface area contributed by atoms with E-state index in [1.54, 1.807) is 48.7 Å². The molecule has 3 aromatic carbocycles. The predicted octanol–water partition coefficient (Wildman–Crippen LogP) is 5.14. The van der Waals surface area contributed by atoms with Gasteiger partial charge in [0.1, 0.15) is 16.5 Å². The van der Waals surface area contributed by atoms with E-state index < -0.39 is 23.7 Å². The Morgan fingerprint density at radius 3 is 2.32 bits per heavy atom. The summed E-state index contributed by atoms with van der Waals surface area (Å²) in [7, 11) is 1.51. The number of aliphatic hydroxyl groups is 1. The normalized spacial score (nSPS) is 16.7. The van der Waals surface area contributed by atoms with E-state index in [0.29, 0.717) is 16.9 Å². The number of carboxylic acid groups (broad SMARTS) is 1. The van der Waals surface area contributed by atoms with Gasteiger partial charge in [-0.05, 0) is 48.0 Å². The summed E-state index contributed by atoms with van der Waals surface area (Å²) in [5, 5.41) is 23.4. The summed E-state index contributed by atoms with van der Waals surface area (Å²) in [5.74, 6) is -2.68. The number of hydrogen-bond acceptors (Lipinski definition) is 7. The van der Waals surface area contributed by atoms with Crippen LogP contribution >= 0.6 is 11.3 Å². The van der Waals surface area contributed by atoms with Crippen molar-refractivity contribution in [2.75, 3.05) is 12.0 Å². The molecule has 5 rings (SSSR count). The van der Waals surface area contributed by atoms with Crippen molar-refractivity contribution in [1.29, 1.82) is 0 Å². The number of ether oxygens (including phenoxy) is 1. The van der Waals surface area contributed by atoms with E-state index in [2.05, 4.69) is 4.98 Å². The zero-order valence-electron chi connectivity index (χ0n) is 19.5. The second-order valence-corrected chi connectivity index (χ2v) is 9.11.